The molecular weight excluding hydrogens is 317 g/mol. The van der Waals surface area contributed by atoms with Crippen molar-refractivity contribution in [2.24, 2.45) is 4.99 Å². The molecule has 0 bridgehead atoms. The molecule has 0 aromatic heterocycles. The molecule has 0 aliphatic carbocycles. The van der Waals surface area contributed by atoms with Crippen LogP contribution in [-0.4, -0.2) is 42.6 Å². The van der Waals surface area contributed by atoms with E-state index in [1.54, 1.807) is 0 Å². The number of aliphatic imine (C=N–C) groups is 1. The number of carbonyl (C=O) groups excluding carboxylic acids is 1. The van der Waals surface area contributed by atoms with E-state index < -0.39 is 30.2 Å². The fraction of sp³-hybridized carbons (Fsp3) is 0.308. The first-order valence-electron chi connectivity index (χ1n) is 6.53. The van der Waals surface area contributed by atoms with Gasteiger partial charge in [0.2, 0.25) is 0 Å². The normalized spacial score (nSPS) is 14.0. The summed E-state index contributed by atoms with van der Waals surface area (Å²) in [7, 11) is 0. The van der Waals surface area contributed by atoms with Crippen LogP contribution in [0.1, 0.15) is 15.9 Å². The van der Waals surface area contributed by atoms with Crippen molar-refractivity contribution in [3.05, 3.63) is 29.3 Å². The van der Waals surface area contributed by atoms with E-state index in [0.29, 0.717) is 25.1 Å². The van der Waals surface area contributed by atoms with Crippen molar-refractivity contribution < 1.29 is 27.9 Å². The lowest BCUT2D eigenvalue weighted by Crippen LogP contribution is -2.30. The number of aliphatic carboxylic acids is 1. The molecule has 124 valence electrons. The van der Waals surface area contributed by atoms with Crippen LogP contribution in [0.25, 0.3) is 0 Å². The predicted octanol–water partition coefficient (Wildman–Crippen LogP) is 0.891. The van der Waals surface area contributed by atoms with E-state index in [1.165, 1.54) is 6.07 Å². The number of carboxylic acid groups (broad SMARTS) is 1. The highest BCUT2D eigenvalue weighted by Gasteiger charge is 2.32. The van der Waals surface area contributed by atoms with Gasteiger partial charge in [-0.1, -0.05) is 0 Å². The number of anilines is 1. The lowest BCUT2D eigenvalue weighted by atomic mass is 10.1. The Kier molecular flexibility index (Phi) is 4.72. The second-order valence-electron chi connectivity index (χ2n) is 4.66. The molecule has 1 heterocycles. The quantitative estimate of drug-likeness (QED) is 0.657. The van der Waals surface area contributed by atoms with Crippen molar-refractivity contribution in [3.63, 3.8) is 0 Å². The smallest absolute Gasteiger partial charge is 0.416 e. The molecule has 10 heteroatoms. The summed E-state index contributed by atoms with van der Waals surface area (Å²) in [5, 5.41) is 16.0. The van der Waals surface area contributed by atoms with Crippen LogP contribution in [-0.2, 0) is 11.0 Å². The Bertz CT molecular complexity index is 658. The van der Waals surface area contributed by atoms with Crippen LogP contribution in [0, 0.1) is 0 Å². The van der Waals surface area contributed by atoms with Gasteiger partial charge in [0.1, 0.15) is 6.54 Å². The second kappa shape index (κ2) is 6.55. The summed E-state index contributed by atoms with van der Waals surface area (Å²) >= 11 is 0. The van der Waals surface area contributed by atoms with Crippen LogP contribution in [0.5, 0.6) is 0 Å². The summed E-state index contributed by atoms with van der Waals surface area (Å²) in [5.74, 6) is -1.91. The van der Waals surface area contributed by atoms with Gasteiger partial charge in [0, 0.05) is 17.8 Å². The Hall–Kier alpha value is -2.78. The first kappa shape index (κ1) is 16.6. The molecule has 0 fully saturated rings. The standard InChI is InChI=1S/C13H13F3N4O3/c14-13(15,16)8-3-7(11(23)19-6-10(21)22)4-9(5-8)20-12-17-1-2-18-12/h3-5H,1-2,6H2,(H,19,23)(H,21,22)(H2,17,18,20). The molecule has 0 saturated heterocycles. The van der Waals surface area contributed by atoms with Crippen molar-refractivity contribution in [3.8, 4) is 0 Å². The summed E-state index contributed by atoms with van der Waals surface area (Å²) in [6.07, 6.45) is -4.65. The van der Waals surface area contributed by atoms with E-state index >= 15 is 0 Å². The Morgan fingerprint density at radius 2 is 2.04 bits per heavy atom. The highest BCUT2D eigenvalue weighted by molar-refractivity contribution is 5.99. The van der Waals surface area contributed by atoms with Gasteiger partial charge in [-0.2, -0.15) is 13.2 Å². The maximum absolute atomic E-state index is 12.9. The Morgan fingerprint density at radius 3 is 2.61 bits per heavy atom. The van der Waals surface area contributed by atoms with E-state index in [1.807, 2.05) is 5.32 Å². The molecule has 1 aromatic rings. The molecule has 7 nitrogen and oxygen atoms in total. The molecular formula is C13H13F3N4O3. The maximum Gasteiger partial charge on any atom is 0.416 e. The maximum atomic E-state index is 12.9. The van der Waals surface area contributed by atoms with E-state index in [-0.39, 0.29) is 11.3 Å². The van der Waals surface area contributed by atoms with Crippen LogP contribution in [0.4, 0.5) is 18.9 Å². The van der Waals surface area contributed by atoms with Gasteiger partial charge in [-0.05, 0) is 18.2 Å². The topological polar surface area (TPSA) is 103 Å². The number of guanidine groups is 1. The number of amides is 1. The van der Waals surface area contributed by atoms with Gasteiger partial charge in [-0.25, -0.2) is 0 Å². The van der Waals surface area contributed by atoms with Gasteiger partial charge in [0.05, 0.1) is 12.1 Å². The summed E-state index contributed by atoms with van der Waals surface area (Å²) in [5.41, 5.74) is -1.31. The fourth-order valence-corrected chi connectivity index (χ4v) is 1.87. The number of benzene rings is 1. The van der Waals surface area contributed by atoms with Gasteiger partial charge in [0.15, 0.2) is 5.96 Å². The van der Waals surface area contributed by atoms with Crippen molar-refractivity contribution >= 4 is 23.5 Å². The molecule has 23 heavy (non-hydrogen) atoms. The number of rotatable bonds is 4. The number of carbonyl (C=O) groups is 2. The zero-order chi connectivity index (χ0) is 17.0. The summed E-state index contributed by atoms with van der Waals surface area (Å²) < 4.78 is 38.8. The molecule has 0 spiro atoms. The number of nitrogens with zero attached hydrogens (tertiary/aromatic N) is 1. The third-order valence-electron chi connectivity index (χ3n) is 2.86. The SMILES string of the molecule is O=C(O)CNC(=O)c1cc(NC2=NCCN2)cc(C(F)(F)F)c1. The van der Waals surface area contributed by atoms with Gasteiger partial charge in [-0.15, -0.1) is 0 Å². The highest BCUT2D eigenvalue weighted by Crippen LogP contribution is 2.32. The van der Waals surface area contributed by atoms with Crippen molar-refractivity contribution in [1.29, 1.82) is 0 Å². The molecule has 1 aromatic carbocycles. The minimum absolute atomic E-state index is 0.0217. The molecule has 0 unspecified atom stereocenters. The number of hydrogen-bond donors (Lipinski definition) is 4. The lowest BCUT2D eigenvalue weighted by molar-refractivity contribution is -0.138. The third kappa shape index (κ3) is 4.59. The molecule has 0 atom stereocenters. The molecule has 1 aliphatic heterocycles. The molecule has 0 saturated carbocycles. The molecule has 2 rings (SSSR count). The van der Waals surface area contributed by atoms with Crippen LogP contribution in [0.15, 0.2) is 23.2 Å². The van der Waals surface area contributed by atoms with Gasteiger partial charge in [-0.3, -0.25) is 14.6 Å². The largest absolute Gasteiger partial charge is 0.480 e. The van der Waals surface area contributed by atoms with E-state index in [0.717, 1.165) is 6.07 Å². The summed E-state index contributed by atoms with van der Waals surface area (Å²) in [6, 6.07) is 2.69. The van der Waals surface area contributed by atoms with Crippen molar-refractivity contribution in [2.45, 2.75) is 6.18 Å². The minimum Gasteiger partial charge on any atom is -0.480 e. The molecule has 1 amide bonds. The average molecular weight is 330 g/mol. The Labute approximate surface area is 128 Å². The van der Waals surface area contributed by atoms with Crippen LogP contribution < -0.4 is 16.0 Å². The Morgan fingerprint density at radius 1 is 1.30 bits per heavy atom. The molecule has 1 aliphatic rings. The second-order valence-corrected chi connectivity index (χ2v) is 4.66. The number of alkyl halides is 3. The van der Waals surface area contributed by atoms with E-state index in [4.69, 9.17) is 5.11 Å². The van der Waals surface area contributed by atoms with Crippen LogP contribution in [0.2, 0.25) is 0 Å². The van der Waals surface area contributed by atoms with Crippen molar-refractivity contribution in [1.82, 2.24) is 10.6 Å². The zero-order valence-electron chi connectivity index (χ0n) is 11.7. The number of carboxylic acids is 1. The summed E-state index contributed by atoms with van der Waals surface area (Å²) in [4.78, 5) is 26.2. The first-order valence-corrected chi connectivity index (χ1v) is 6.53. The molecule has 4 N–H and O–H groups in total. The van der Waals surface area contributed by atoms with Gasteiger partial charge in [0.25, 0.3) is 5.91 Å². The van der Waals surface area contributed by atoms with E-state index in [2.05, 4.69) is 15.6 Å². The number of nitrogens with one attached hydrogen (secondary N) is 3. The highest BCUT2D eigenvalue weighted by atomic mass is 19.4. The number of halogens is 3. The fourth-order valence-electron chi connectivity index (χ4n) is 1.87. The zero-order valence-corrected chi connectivity index (χ0v) is 11.7. The van der Waals surface area contributed by atoms with Gasteiger partial charge < -0.3 is 21.1 Å². The Balaban J connectivity index is 2.29. The lowest BCUT2D eigenvalue weighted by Gasteiger charge is -2.13. The van der Waals surface area contributed by atoms with Gasteiger partial charge >= 0.3 is 12.1 Å². The third-order valence-corrected chi connectivity index (χ3v) is 2.86. The first-order chi connectivity index (χ1) is 10.8. The number of hydrogen-bond acceptors (Lipinski definition) is 5. The predicted molar refractivity (Wildman–Crippen MR) is 75.3 cm³/mol. The van der Waals surface area contributed by atoms with Crippen molar-refractivity contribution in [2.75, 3.05) is 25.0 Å². The van der Waals surface area contributed by atoms with E-state index in [9.17, 15) is 22.8 Å². The van der Waals surface area contributed by atoms with Crippen LogP contribution >= 0.6 is 0 Å². The average Bonchev–Trinajstić information content (AvgIpc) is 2.96. The van der Waals surface area contributed by atoms with Crippen LogP contribution in [0.3, 0.4) is 0 Å². The monoisotopic (exact) mass is 330 g/mol. The minimum atomic E-state index is -4.65. The molecule has 0 radical (unpaired) electrons. The summed E-state index contributed by atoms with van der Waals surface area (Å²) in [6.45, 7) is 0.368.